The van der Waals surface area contributed by atoms with Gasteiger partial charge in [0.05, 0.1) is 16.9 Å². The van der Waals surface area contributed by atoms with Crippen LogP contribution in [0.5, 0.6) is 0 Å². The molecule has 1 heterocycles. The van der Waals surface area contributed by atoms with Crippen molar-refractivity contribution in [3.63, 3.8) is 0 Å². The molecule has 1 aromatic heterocycles. The van der Waals surface area contributed by atoms with E-state index in [-0.39, 0.29) is 5.95 Å². The smallest absolute Gasteiger partial charge is 0.220 e. The van der Waals surface area contributed by atoms with Crippen molar-refractivity contribution in [2.75, 3.05) is 16.7 Å². The molecule has 2 aromatic rings. The molecule has 0 radical (unpaired) electrons. The Morgan fingerprint density at radius 1 is 1.39 bits per heavy atom. The lowest BCUT2D eigenvalue weighted by atomic mass is 10.1. The molecular weight excluding hydrogens is 268 g/mol. The third kappa shape index (κ3) is 2.68. The number of nitrogens with zero attached hydrogens (tertiary/aromatic N) is 2. The van der Waals surface area contributed by atoms with Crippen LogP contribution >= 0.6 is 23.5 Å². The van der Waals surface area contributed by atoms with Gasteiger partial charge in [0.25, 0.3) is 0 Å². The van der Waals surface area contributed by atoms with Crippen molar-refractivity contribution in [2.24, 2.45) is 0 Å². The van der Waals surface area contributed by atoms with Crippen LogP contribution in [0, 0.1) is 6.92 Å². The van der Waals surface area contributed by atoms with Gasteiger partial charge in [-0.05, 0) is 18.6 Å². The summed E-state index contributed by atoms with van der Waals surface area (Å²) in [5.41, 5.74) is 9.34. The van der Waals surface area contributed by atoms with Gasteiger partial charge in [-0.2, -0.15) is 0 Å². The van der Waals surface area contributed by atoms with Crippen molar-refractivity contribution < 1.29 is 0 Å². The van der Waals surface area contributed by atoms with Crippen LogP contribution < -0.4 is 10.5 Å². The summed E-state index contributed by atoms with van der Waals surface area (Å²) in [6.07, 6.45) is 3.49. The van der Waals surface area contributed by atoms with Gasteiger partial charge in [-0.15, -0.1) is 0 Å². The van der Waals surface area contributed by atoms with Gasteiger partial charge < -0.3 is 10.5 Å². The first-order valence-electron chi connectivity index (χ1n) is 5.30. The van der Waals surface area contributed by atoms with Gasteiger partial charge >= 0.3 is 0 Å². The molecule has 0 spiro atoms. The lowest BCUT2D eigenvalue weighted by Crippen LogP contribution is -1.97. The molecule has 4 nitrogen and oxygen atoms in total. The molecule has 0 aliphatic heterocycles. The van der Waals surface area contributed by atoms with Gasteiger partial charge in [0.15, 0.2) is 0 Å². The van der Waals surface area contributed by atoms with Crippen molar-refractivity contribution in [3.05, 3.63) is 35.0 Å². The first-order chi connectivity index (χ1) is 8.61. The standard InChI is InChI=1S/C12H13ClN4S/c1-7-3-4-8(5-10(7)17-18-2)11-9(13)6-15-12(14)16-11/h3-6,17H,1-2H3,(H2,14,15,16). The van der Waals surface area contributed by atoms with Gasteiger partial charge in [-0.1, -0.05) is 35.7 Å². The zero-order valence-electron chi connectivity index (χ0n) is 10.1. The maximum absolute atomic E-state index is 6.09. The highest BCUT2D eigenvalue weighted by Gasteiger charge is 2.08. The Bertz CT molecular complexity index is 574. The van der Waals surface area contributed by atoms with Crippen LogP contribution in [0.25, 0.3) is 11.3 Å². The maximum atomic E-state index is 6.09. The van der Waals surface area contributed by atoms with Crippen LogP contribution in [0.2, 0.25) is 5.02 Å². The lowest BCUT2D eigenvalue weighted by Gasteiger charge is -2.10. The number of hydrogen-bond donors (Lipinski definition) is 2. The molecule has 0 aliphatic rings. The minimum Gasteiger partial charge on any atom is -0.368 e. The highest BCUT2D eigenvalue weighted by atomic mass is 35.5. The molecule has 0 aliphatic carbocycles. The minimum absolute atomic E-state index is 0.217. The number of aryl methyl sites for hydroxylation is 1. The predicted octanol–water partition coefficient (Wildman–Crippen LogP) is 3.38. The van der Waals surface area contributed by atoms with Crippen LogP contribution in [-0.4, -0.2) is 16.2 Å². The fourth-order valence-corrected chi connectivity index (χ4v) is 2.21. The van der Waals surface area contributed by atoms with E-state index in [2.05, 4.69) is 14.7 Å². The Balaban J connectivity index is 2.50. The van der Waals surface area contributed by atoms with E-state index in [4.69, 9.17) is 17.3 Å². The van der Waals surface area contributed by atoms with Crippen LogP contribution in [0.15, 0.2) is 24.4 Å². The van der Waals surface area contributed by atoms with E-state index in [1.54, 1.807) is 0 Å². The van der Waals surface area contributed by atoms with E-state index >= 15 is 0 Å². The molecule has 0 saturated carbocycles. The summed E-state index contributed by atoms with van der Waals surface area (Å²) in [5.74, 6) is 0.217. The van der Waals surface area contributed by atoms with Crippen LogP contribution in [0.4, 0.5) is 11.6 Å². The highest BCUT2D eigenvalue weighted by molar-refractivity contribution is 7.99. The summed E-state index contributed by atoms with van der Waals surface area (Å²) >= 11 is 7.63. The topological polar surface area (TPSA) is 63.8 Å². The molecule has 0 atom stereocenters. The van der Waals surface area contributed by atoms with E-state index in [9.17, 15) is 0 Å². The Hall–Kier alpha value is -1.46. The molecule has 18 heavy (non-hydrogen) atoms. The molecule has 2 rings (SSSR count). The molecule has 1 aromatic carbocycles. The first-order valence-corrected chi connectivity index (χ1v) is 6.90. The molecule has 0 amide bonds. The number of nitrogens with two attached hydrogens (primary N) is 1. The van der Waals surface area contributed by atoms with Crippen molar-refractivity contribution in [1.82, 2.24) is 9.97 Å². The second-order valence-electron chi connectivity index (χ2n) is 3.76. The van der Waals surface area contributed by atoms with Crippen molar-refractivity contribution in [1.29, 1.82) is 0 Å². The summed E-state index contributed by atoms with van der Waals surface area (Å²) in [6.45, 7) is 2.04. The number of hydrogen-bond acceptors (Lipinski definition) is 5. The number of nitrogen functional groups attached to an aromatic ring is 1. The molecule has 0 saturated heterocycles. The number of halogens is 1. The summed E-state index contributed by atoms with van der Waals surface area (Å²) in [5, 5.41) is 0.489. The normalized spacial score (nSPS) is 10.4. The zero-order chi connectivity index (χ0) is 13.1. The van der Waals surface area contributed by atoms with E-state index < -0.39 is 0 Å². The Labute approximate surface area is 115 Å². The highest BCUT2D eigenvalue weighted by Crippen LogP contribution is 2.29. The molecule has 0 unspecified atom stereocenters. The Kier molecular flexibility index (Phi) is 3.93. The van der Waals surface area contributed by atoms with Gasteiger partial charge in [0.2, 0.25) is 5.95 Å². The van der Waals surface area contributed by atoms with E-state index in [1.165, 1.54) is 18.1 Å². The minimum atomic E-state index is 0.217. The van der Waals surface area contributed by atoms with Crippen LogP contribution in [0.1, 0.15) is 5.56 Å². The van der Waals surface area contributed by atoms with E-state index in [0.717, 1.165) is 16.8 Å². The fraction of sp³-hybridized carbons (Fsp3) is 0.167. The molecule has 0 bridgehead atoms. The monoisotopic (exact) mass is 280 g/mol. The molecular formula is C12H13ClN4S. The predicted molar refractivity (Wildman–Crippen MR) is 78.8 cm³/mol. The maximum Gasteiger partial charge on any atom is 0.220 e. The second-order valence-corrected chi connectivity index (χ2v) is 4.78. The quantitative estimate of drug-likeness (QED) is 0.844. The van der Waals surface area contributed by atoms with Gasteiger partial charge in [-0.25, -0.2) is 9.97 Å². The lowest BCUT2D eigenvalue weighted by molar-refractivity contribution is 1.19. The summed E-state index contributed by atoms with van der Waals surface area (Å²) in [4.78, 5) is 8.03. The molecule has 6 heteroatoms. The zero-order valence-corrected chi connectivity index (χ0v) is 11.6. The van der Waals surface area contributed by atoms with Crippen molar-refractivity contribution >= 4 is 35.2 Å². The number of aromatic nitrogens is 2. The van der Waals surface area contributed by atoms with E-state index in [0.29, 0.717) is 10.7 Å². The number of rotatable bonds is 3. The summed E-state index contributed by atoms with van der Waals surface area (Å²) < 4.78 is 3.22. The third-order valence-corrected chi connectivity index (χ3v) is 3.19. The van der Waals surface area contributed by atoms with Crippen molar-refractivity contribution in [2.45, 2.75) is 6.92 Å². The van der Waals surface area contributed by atoms with Crippen LogP contribution in [0.3, 0.4) is 0 Å². The third-order valence-electron chi connectivity index (χ3n) is 2.49. The molecule has 0 fully saturated rings. The van der Waals surface area contributed by atoms with Crippen LogP contribution in [-0.2, 0) is 0 Å². The van der Waals surface area contributed by atoms with E-state index in [1.807, 2.05) is 31.4 Å². The van der Waals surface area contributed by atoms with Gasteiger partial charge in [-0.3, -0.25) is 0 Å². The largest absolute Gasteiger partial charge is 0.368 e. The number of nitrogens with one attached hydrogen (secondary N) is 1. The fourth-order valence-electron chi connectivity index (χ4n) is 1.57. The SMILES string of the molecule is CSNc1cc(-c2nc(N)ncc2Cl)ccc1C. The number of benzene rings is 1. The molecule has 3 N–H and O–H groups in total. The first kappa shape index (κ1) is 13.0. The van der Waals surface area contributed by atoms with Gasteiger partial charge in [0, 0.05) is 17.5 Å². The van der Waals surface area contributed by atoms with Gasteiger partial charge in [0.1, 0.15) is 0 Å². The summed E-state index contributed by atoms with van der Waals surface area (Å²) in [6, 6.07) is 5.98. The Morgan fingerprint density at radius 2 is 2.17 bits per heavy atom. The average Bonchev–Trinajstić information content (AvgIpc) is 2.35. The van der Waals surface area contributed by atoms with Crippen molar-refractivity contribution in [3.8, 4) is 11.3 Å². The number of anilines is 2. The molecule has 94 valence electrons. The second kappa shape index (κ2) is 5.46. The average molecular weight is 281 g/mol. The summed E-state index contributed by atoms with van der Waals surface area (Å²) in [7, 11) is 0. The Morgan fingerprint density at radius 3 is 2.89 bits per heavy atom.